The van der Waals surface area contributed by atoms with Crippen molar-refractivity contribution in [2.24, 2.45) is 23.7 Å². The second kappa shape index (κ2) is 9.56. The van der Waals surface area contributed by atoms with Crippen LogP contribution in [0.3, 0.4) is 0 Å². The number of allylic oxidation sites excluding steroid dienone is 3. The van der Waals surface area contributed by atoms with Crippen molar-refractivity contribution in [3.8, 4) is 0 Å². The Labute approximate surface area is 216 Å². The molecule has 0 radical (unpaired) electrons. The first kappa shape index (κ1) is 27.3. The summed E-state index contributed by atoms with van der Waals surface area (Å²) in [4.78, 5) is 63.8. The number of hydrogen-bond donors (Lipinski definition) is 0. The van der Waals surface area contributed by atoms with E-state index in [4.69, 9.17) is 18.9 Å². The van der Waals surface area contributed by atoms with Gasteiger partial charge in [-0.1, -0.05) is 31.6 Å². The van der Waals surface area contributed by atoms with Gasteiger partial charge in [0.15, 0.2) is 23.3 Å². The molecular formula is C27H35NO9. The second-order valence-corrected chi connectivity index (χ2v) is 10.9. The van der Waals surface area contributed by atoms with E-state index in [0.29, 0.717) is 5.57 Å². The van der Waals surface area contributed by atoms with Crippen LogP contribution in [0, 0.1) is 23.7 Å². The van der Waals surface area contributed by atoms with Gasteiger partial charge in [0.2, 0.25) is 11.7 Å². The zero-order chi connectivity index (χ0) is 27.4. The van der Waals surface area contributed by atoms with Crippen LogP contribution < -0.4 is 0 Å². The average Bonchev–Trinajstić information content (AvgIpc) is 3.20. The standard InChI is InChI=1S/C27H35NO9/c1-13(8-9-17(29)20-19(31)12-28(6)24(20)32)10-14(2)22-15(3)23-18(30)11-26(5)27(36-22,37-23)21(16(4)35-26)25(33)34-7/h8-10,14-16,20-23H,11-12H2,1-7H3/b9-8+,13-10+/t14-,15-,16-,20+,21-,22-,23+,26+,27+/m1/s1. The molecule has 4 saturated heterocycles. The fraction of sp³-hybridized carbons (Fsp3) is 0.667. The highest BCUT2D eigenvalue weighted by Crippen LogP contribution is 2.57. The summed E-state index contributed by atoms with van der Waals surface area (Å²) in [5.41, 5.74) is -0.443. The van der Waals surface area contributed by atoms with E-state index in [1.165, 1.54) is 25.1 Å². The van der Waals surface area contributed by atoms with Gasteiger partial charge in [0.1, 0.15) is 17.6 Å². The SMILES string of the molecule is COC(=O)[C@H]1[C@@H](C)O[C@@]2(C)CC(=O)[C@H]3O[C@@]12O[C@H]([C@H](C)/C=C(C)/C=C/C(=O)[C@H]1C(=O)CN(C)C1=O)[C@H]3C. The molecule has 202 valence electrons. The zero-order valence-corrected chi connectivity index (χ0v) is 22.3. The van der Waals surface area contributed by atoms with Crippen LogP contribution in [-0.2, 0) is 42.9 Å². The Morgan fingerprint density at radius 1 is 1.11 bits per heavy atom. The number of likely N-dealkylation sites (tertiary alicyclic amines) is 1. The van der Waals surface area contributed by atoms with Crippen molar-refractivity contribution in [2.45, 2.75) is 70.7 Å². The molecule has 0 N–H and O–H groups in total. The van der Waals surface area contributed by atoms with Gasteiger partial charge in [-0.2, -0.15) is 0 Å². The van der Waals surface area contributed by atoms with Crippen molar-refractivity contribution in [3.63, 3.8) is 0 Å². The third-order valence-corrected chi connectivity index (χ3v) is 8.13. The van der Waals surface area contributed by atoms with Crippen LogP contribution in [0.4, 0.5) is 0 Å². The predicted octanol–water partition coefficient (Wildman–Crippen LogP) is 1.41. The molecule has 10 heteroatoms. The molecule has 1 amide bonds. The smallest absolute Gasteiger partial charge is 0.316 e. The number of esters is 1. The molecule has 0 aromatic heterocycles. The van der Waals surface area contributed by atoms with Gasteiger partial charge in [-0.05, 0) is 26.8 Å². The summed E-state index contributed by atoms with van der Waals surface area (Å²) in [7, 11) is 2.79. The van der Waals surface area contributed by atoms with Crippen molar-refractivity contribution in [1.29, 1.82) is 0 Å². The van der Waals surface area contributed by atoms with Crippen molar-refractivity contribution in [2.75, 3.05) is 20.7 Å². The minimum absolute atomic E-state index is 0.0639. The largest absolute Gasteiger partial charge is 0.469 e. The Morgan fingerprint density at radius 2 is 1.78 bits per heavy atom. The van der Waals surface area contributed by atoms with Crippen LogP contribution >= 0.6 is 0 Å². The minimum Gasteiger partial charge on any atom is -0.469 e. The number of hydrogen-bond acceptors (Lipinski definition) is 9. The van der Waals surface area contributed by atoms with Crippen LogP contribution in [0.25, 0.3) is 0 Å². The number of carbonyl (C=O) groups is 5. The van der Waals surface area contributed by atoms with Crippen LogP contribution in [0.2, 0.25) is 0 Å². The third-order valence-electron chi connectivity index (χ3n) is 8.13. The van der Waals surface area contributed by atoms with Crippen LogP contribution in [0.1, 0.15) is 41.0 Å². The highest BCUT2D eigenvalue weighted by atomic mass is 16.8. The fourth-order valence-corrected chi connectivity index (χ4v) is 6.33. The minimum atomic E-state index is -1.48. The molecule has 0 aromatic rings. The summed E-state index contributed by atoms with van der Waals surface area (Å²) in [6.45, 7) is 9.00. The van der Waals surface area contributed by atoms with Gasteiger partial charge in [-0.15, -0.1) is 0 Å². The summed E-state index contributed by atoms with van der Waals surface area (Å²) >= 11 is 0. The molecule has 4 fully saturated rings. The number of ether oxygens (including phenoxy) is 4. The number of methoxy groups -OCH3 is 1. The maximum atomic E-state index is 13.1. The van der Waals surface area contributed by atoms with Crippen molar-refractivity contribution in [1.82, 2.24) is 4.90 Å². The van der Waals surface area contributed by atoms with Gasteiger partial charge in [0.05, 0.1) is 25.9 Å². The molecule has 2 bridgehead atoms. The lowest BCUT2D eigenvalue weighted by Gasteiger charge is -2.56. The van der Waals surface area contributed by atoms with E-state index < -0.39 is 65.0 Å². The Morgan fingerprint density at radius 3 is 2.38 bits per heavy atom. The molecule has 10 nitrogen and oxygen atoms in total. The Hall–Kier alpha value is -2.69. The van der Waals surface area contributed by atoms with Crippen molar-refractivity contribution in [3.05, 3.63) is 23.8 Å². The highest BCUT2D eigenvalue weighted by Gasteiger charge is 2.74. The summed E-state index contributed by atoms with van der Waals surface area (Å²) in [6.07, 6.45) is 2.91. The molecule has 4 rings (SSSR count). The molecule has 9 atom stereocenters. The lowest BCUT2D eigenvalue weighted by Crippen LogP contribution is -2.71. The summed E-state index contributed by atoms with van der Waals surface area (Å²) < 4.78 is 24.1. The molecule has 0 aliphatic carbocycles. The zero-order valence-electron chi connectivity index (χ0n) is 22.3. The Balaban J connectivity index is 1.58. The lowest BCUT2D eigenvalue weighted by atomic mass is 9.73. The molecular weight excluding hydrogens is 482 g/mol. The molecule has 4 aliphatic rings. The van der Waals surface area contributed by atoms with Gasteiger partial charge in [0, 0.05) is 25.3 Å². The molecule has 0 aromatic carbocycles. The van der Waals surface area contributed by atoms with E-state index >= 15 is 0 Å². The quantitative estimate of drug-likeness (QED) is 0.222. The van der Waals surface area contributed by atoms with Gasteiger partial charge in [0.25, 0.3) is 0 Å². The first-order valence-corrected chi connectivity index (χ1v) is 12.6. The predicted molar refractivity (Wildman–Crippen MR) is 129 cm³/mol. The molecule has 4 aliphatic heterocycles. The number of ketones is 3. The van der Waals surface area contributed by atoms with Crippen LogP contribution in [0.5, 0.6) is 0 Å². The maximum Gasteiger partial charge on any atom is 0.316 e. The number of amides is 1. The van der Waals surface area contributed by atoms with E-state index in [9.17, 15) is 24.0 Å². The van der Waals surface area contributed by atoms with E-state index in [1.54, 1.807) is 26.8 Å². The Bertz CT molecular complexity index is 1100. The number of nitrogens with zero attached hydrogens (tertiary/aromatic N) is 1. The summed E-state index contributed by atoms with van der Waals surface area (Å²) in [5, 5.41) is 0. The summed E-state index contributed by atoms with van der Waals surface area (Å²) in [5.74, 6) is -6.29. The lowest BCUT2D eigenvalue weighted by molar-refractivity contribution is -0.387. The molecule has 1 spiro atoms. The third kappa shape index (κ3) is 4.28. The first-order valence-electron chi connectivity index (χ1n) is 12.6. The number of Topliss-reactive ketones (excluding diaryl/α,β-unsaturated/α-hetero) is 2. The fourth-order valence-electron chi connectivity index (χ4n) is 6.33. The molecule has 0 unspecified atom stereocenters. The number of fused-ring (bicyclic) bond motifs is 1. The van der Waals surface area contributed by atoms with E-state index in [0.717, 1.165) is 0 Å². The molecule has 0 saturated carbocycles. The van der Waals surface area contributed by atoms with Crippen molar-refractivity contribution < 1.29 is 42.9 Å². The van der Waals surface area contributed by atoms with Gasteiger partial charge < -0.3 is 23.8 Å². The monoisotopic (exact) mass is 517 g/mol. The van der Waals surface area contributed by atoms with E-state index in [-0.39, 0.29) is 30.6 Å². The maximum absolute atomic E-state index is 13.1. The molecule has 4 heterocycles. The topological polar surface area (TPSA) is 126 Å². The van der Waals surface area contributed by atoms with E-state index in [1.807, 2.05) is 19.9 Å². The summed E-state index contributed by atoms with van der Waals surface area (Å²) in [6, 6.07) is 0. The second-order valence-electron chi connectivity index (χ2n) is 10.9. The molecule has 37 heavy (non-hydrogen) atoms. The van der Waals surface area contributed by atoms with E-state index in [2.05, 4.69) is 0 Å². The number of rotatable bonds is 6. The van der Waals surface area contributed by atoms with Gasteiger partial charge in [-0.3, -0.25) is 24.0 Å². The normalized spacial score (nSPS) is 40.8. The number of carbonyl (C=O) groups excluding carboxylic acids is 5. The highest BCUT2D eigenvalue weighted by molar-refractivity contribution is 6.25. The van der Waals surface area contributed by atoms with Crippen LogP contribution in [0.15, 0.2) is 23.8 Å². The Kier molecular flexibility index (Phi) is 7.07. The van der Waals surface area contributed by atoms with Gasteiger partial charge >= 0.3 is 5.97 Å². The van der Waals surface area contributed by atoms with Crippen molar-refractivity contribution >= 4 is 29.2 Å². The van der Waals surface area contributed by atoms with Gasteiger partial charge in [-0.25, -0.2) is 0 Å². The number of likely N-dealkylation sites (N-methyl/N-ethyl adjacent to an activating group) is 1. The van der Waals surface area contributed by atoms with Crippen LogP contribution in [-0.4, -0.2) is 84.5 Å². The first-order chi connectivity index (χ1) is 17.3. The average molecular weight is 518 g/mol.